The molecule has 1 aromatic carbocycles. The van der Waals surface area contributed by atoms with Gasteiger partial charge < -0.3 is 4.74 Å². The summed E-state index contributed by atoms with van der Waals surface area (Å²) >= 11 is 0. The minimum absolute atomic E-state index is 0.104. The van der Waals surface area contributed by atoms with E-state index in [-0.39, 0.29) is 17.3 Å². The summed E-state index contributed by atoms with van der Waals surface area (Å²) in [6.45, 7) is 8.70. The average Bonchev–Trinajstić information content (AvgIpc) is 2.26. The highest BCUT2D eigenvalue weighted by atomic mass is 16.5. The maximum absolute atomic E-state index is 12.0. The van der Waals surface area contributed by atoms with Crippen LogP contribution >= 0.6 is 0 Å². The van der Waals surface area contributed by atoms with Gasteiger partial charge in [0.1, 0.15) is 0 Å². The molecule has 0 aliphatic carbocycles. The zero-order valence-corrected chi connectivity index (χ0v) is 11.2. The van der Waals surface area contributed by atoms with Crippen LogP contribution in [0.15, 0.2) is 30.3 Å². The molecule has 2 nitrogen and oxygen atoms in total. The van der Waals surface area contributed by atoms with E-state index in [1.807, 2.05) is 37.3 Å². The van der Waals surface area contributed by atoms with Crippen LogP contribution in [-0.2, 0) is 9.53 Å². The standard InChI is InChI=1S/C15H22O2/c1-5-17-14(16)13(11-15(2,3)4)12-9-7-6-8-10-12/h6-10,13H,5,11H2,1-4H3. The third-order valence-corrected chi connectivity index (χ3v) is 2.59. The van der Waals surface area contributed by atoms with Crippen LogP contribution in [0.25, 0.3) is 0 Å². The van der Waals surface area contributed by atoms with Crippen LogP contribution in [0, 0.1) is 5.41 Å². The number of rotatable bonds is 4. The lowest BCUT2D eigenvalue weighted by molar-refractivity contribution is -0.145. The van der Waals surface area contributed by atoms with Crippen LogP contribution in [0.4, 0.5) is 0 Å². The topological polar surface area (TPSA) is 26.3 Å². The molecule has 17 heavy (non-hydrogen) atoms. The fraction of sp³-hybridized carbons (Fsp3) is 0.533. The highest BCUT2D eigenvalue weighted by molar-refractivity contribution is 5.78. The summed E-state index contributed by atoms with van der Waals surface area (Å²) in [5, 5.41) is 0. The first-order valence-corrected chi connectivity index (χ1v) is 6.15. The van der Waals surface area contributed by atoms with Gasteiger partial charge in [-0.25, -0.2) is 0 Å². The second-order valence-corrected chi connectivity index (χ2v) is 5.48. The summed E-state index contributed by atoms with van der Waals surface area (Å²) < 4.78 is 5.17. The SMILES string of the molecule is CCOC(=O)C(CC(C)(C)C)c1ccccc1. The van der Waals surface area contributed by atoms with Gasteiger partial charge in [0.25, 0.3) is 0 Å². The van der Waals surface area contributed by atoms with E-state index in [9.17, 15) is 4.79 Å². The summed E-state index contributed by atoms with van der Waals surface area (Å²) in [5.41, 5.74) is 1.15. The molecule has 0 radical (unpaired) electrons. The minimum atomic E-state index is -0.156. The van der Waals surface area contributed by atoms with Gasteiger partial charge in [0.2, 0.25) is 0 Å². The lowest BCUT2D eigenvalue weighted by Crippen LogP contribution is -2.21. The Balaban J connectivity index is 2.91. The number of esters is 1. The predicted molar refractivity (Wildman–Crippen MR) is 69.9 cm³/mol. The number of hydrogen-bond acceptors (Lipinski definition) is 2. The summed E-state index contributed by atoms with van der Waals surface area (Å²) in [7, 11) is 0. The Labute approximate surface area is 104 Å². The third-order valence-electron chi connectivity index (χ3n) is 2.59. The van der Waals surface area contributed by atoms with Gasteiger partial charge in [-0.3, -0.25) is 4.79 Å². The van der Waals surface area contributed by atoms with Crippen LogP contribution in [0.2, 0.25) is 0 Å². The van der Waals surface area contributed by atoms with Crippen molar-refractivity contribution in [3.63, 3.8) is 0 Å². The first kappa shape index (κ1) is 13.8. The van der Waals surface area contributed by atoms with Gasteiger partial charge in [-0.1, -0.05) is 51.1 Å². The molecular formula is C15H22O2. The van der Waals surface area contributed by atoms with Crippen molar-refractivity contribution in [3.8, 4) is 0 Å². The summed E-state index contributed by atoms with van der Waals surface area (Å²) in [4.78, 5) is 12.0. The molecule has 1 rings (SSSR count). The molecule has 0 saturated carbocycles. The normalized spacial score (nSPS) is 13.2. The highest BCUT2D eigenvalue weighted by Crippen LogP contribution is 2.32. The van der Waals surface area contributed by atoms with Gasteiger partial charge in [-0.15, -0.1) is 0 Å². The fourth-order valence-electron chi connectivity index (χ4n) is 1.88. The largest absolute Gasteiger partial charge is 0.466 e. The van der Waals surface area contributed by atoms with E-state index in [4.69, 9.17) is 4.74 Å². The molecule has 1 atom stereocenters. The van der Waals surface area contributed by atoms with E-state index in [2.05, 4.69) is 20.8 Å². The Morgan fingerprint density at radius 1 is 1.24 bits per heavy atom. The smallest absolute Gasteiger partial charge is 0.313 e. The molecule has 0 saturated heterocycles. The third kappa shape index (κ3) is 4.59. The Morgan fingerprint density at radius 2 is 1.82 bits per heavy atom. The summed E-state index contributed by atoms with van der Waals surface area (Å²) in [5.74, 6) is -0.273. The second-order valence-electron chi connectivity index (χ2n) is 5.48. The number of ether oxygens (including phenoxy) is 1. The van der Waals surface area contributed by atoms with Crippen LogP contribution in [-0.4, -0.2) is 12.6 Å². The molecule has 0 fully saturated rings. The molecule has 0 aliphatic rings. The maximum Gasteiger partial charge on any atom is 0.313 e. The van der Waals surface area contributed by atoms with Crippen molar-refractivity contribution in [3.05, 3.63) is 35.9 Å². The van der Waals surface area contributed by atoms with Crippen molar-refractivity contribution in [2.75, 3.05) is 6.61 Å². The van der Waals surface area contributed by atoms with Crippen molar-refractivity contribution in [2.45, 2.75) is 40.0 Å². The van der Waals surface area contributed by atoms with Crippen molar-refractivity contribution >= 4 is 5.97 Å². The van der Waals surface area contributed by atoms with E-state index < -0.39 is 0 Å². The van der Waals surface area contributed by atoms with E-state index in [1.165, 1.54) is 0 Å². The van der Waals surface area contributed by atoms with Gasteiger partial charge >= 0.3 is 5.97 Å². The molecule has 1 unspecified atom stereocenters. The quantitative estimate of drug-likeness (QED) is 0.741. The van der Waals surface area contributed by atoms with Crippen LogP contribution in [0.5, 0.6) is 0 Å². The molecule has 1 aromatic rings. The molecule has 0 amide bonds. The first-order valence-electron chi connectivity index (χ1n) is 6.15. The van der Waals surface area contributed by atoms with Crippen molar-refractivity contribution in [1.29, 1.82) is 0 Å². The van der Waals surface area contributed by atoms with Gasteiger partial charge in [0.15, 0.2) is 0 Å². The average molecular weight is 234 g/mol. The molecule has 0 spiro atoms. The molecule has 0 heterocycles. The second kappa shape index (κ2) is 5.85. The Kier molecular flexibility index (Phi) is 4.73. The van der Waals surface area contributed by atoms with Crippen molar-refractivity contribution in [1.82, 2.24) is 0 Å². The number of carbonyl (C=O) groups is 1. The zero-order chi connectivity index (χ0) is 12.9. The van der Waals surface area contributed by atoms with Crippen molar-refractivity contribution in [2.24, 2.45) is 5.41 Å². The molecule has 0 aromatic heterocycles. The van der Waals surface area contributed by atoms with Crippen LogP contribution in [0.3, 0.4) is 0 Å². The summed E-state index contributed by atoms with van der Waals surface area (Å²) in [6.07, 6.45) is 0.801. The number of benzene rings is 1. The Morgan fingerprint density at radius 3 is 2.29 bits per heavy atom. The molecule has 2 heteroatoms. The highest BCUT2D eigenvalue weighted by Gasteiger charge is 2.27. The van der Waals surface area contributed by atoms with Gasteiger partial charge in [-0.05, 0) is 24.3 Å². The number of hydrogen-bond donors (Lipinski definition) is 0. The van der Waals surface area contributed by atoms with Crippen LogP contribution in [0.1, 0.15) is 45.6 Å². The molecule has 0 N–H and O–H groups in total. The lowest BCUT2D eigenvalue weighted by atomic mass is 9.81. The molecular weight excluding hydrogens is 212 g/mol. The van der Waals surface area contributed by atoms with E-state index >= 15 is 0 Å². The van der Waals surface area contributed by atoms with Gasteiger partial charge in [0, 0.05) is 0 Å². The van der Waals surface area contributed by atoms with E-state index in [1.54, 1.807) is 0 Å². The minimum Gasteiger partial charge on any atom is -0.466 e. The lowest BCUT2D eigenvalue weighted by Gasteiger charge is -2.25. The monoisotopic (exact) mass is 234 g/mol. The Hall–Kier alpha value is -1.31. The molecule has 94 valence electrons. The predicted octanol–water partition coefficient (Wildman–Crippen LogP) is 3.77. The number of carbonyl (C=O) groups excluding carboxylic acids is 1. The maximum atomic E-state index is 12.0. The van der Waals surface area contributed by atoms with Gasteiger partial charge in [0.05, 0.1) is 12.5 Å². The van der Waals surface area contributed by atoms with Gasteiger partial charge in [-0.2, -0.15) is 0 Å². The summed E-state index contributed by atoms with van der Waals surface area (Å²) in [6, 6.07) is 9.87. The van der Waals surface area contributed by atoms with Crippen molar-refractivity contribution < 1.29 is 9.53 Å². The van der Waals surface area contributed by atoms with Crippen LogP contribution < -0.4 is 0 Å². The first-order chi connectivity index (χ1) is 7.94. The zero-order valence-electron chi connectivity index (χ0n) is 11.2. The van der Waals surface area contributed by atoms with E-state index in [0.717, 1.165) is 12.0 Å². The fourth-order valence-corrected chi connectivity index (χ4v) is 1.88. The van der Waals surface area contributed by atoms with E-state index in [0.29, 0.717) is 6.61 Å². The Bertz CT molecular complexity index is 349. The molecule has 0 bridgehead atoms. The molecule has 0 aliphatic heterocycles.